The summed E-state index contributed by atoms with van der Waals surface area (Å²) < 4.78 is 4.20. The van der Waals surface area contributed by atoms with Crippen molar-refractivity contribution >= 4 is 0 Å². The van der Waals surface area contributed by atoms with Crippen LogP contribution in [0.4, 0.5) is 0 Å². The molecule has 2 atom stereocenters. The van der Waals surface area contributed by atoms with Crippen LogP contribution in [0.1, 0.15) is 33.6 Å². The molecule has 13 heteroatoms. The summed E-state index contributed by atoms with van der Waals surface area (Å²) in [5, 5.41) is 51.5. The zero-order valence-corrected chi connectivity index (χ0v) is 35.9. The molecule has 0 spiro atoms. The fraction of sp³-hybridized carbons (Fsp3) is 0.846. The number of nitrogens with two attached hydrogens (primary N) is 1. The molecule has 2 aliphatic rings. The molecule has 0 fully saturated rings. The van der Waals surface area contributed by atoms with Crippen LogP contribution >= 0.6 is 0 Å². The lowest BCUT2D eigenvalue weighted by Gasteiger charge is -2.34. The topological polar surface area (TPSA) is 152 Å². The van der Waals surface area contributed by atoms with Gasteiger partial charge in [0.15, 0.2) is 5.66 Å². The first-order chi connectivity index (χ1) is 23.9. The minimum Gasteiger partial charge on any atom is -0.391 e. The van der Waals surface area contributed by atoms with Crippen molar-refractivity contribution in [3.05, 3.63) is 24.3 Å². The summed E-state index contributed by atoms with van der Waals surface area (Å²) in [5.41, 5.74) is 6.76. The van der Waals surface area contributed by atoms with Crippen LogP contribution < -0.4 is 5.73 Å². The Kier molecular flexibility index (Phi) is 29.1. The first-order valence-corrected chi connectivity index (χ1v) is 19.0. The van der Waals surface area contributed by atoms with E-state index < -0.39 is 0 Å². The molecule has 0 aromatic heterocycles. The highest BCUT2D eigenvalue weighted by molar-refractivity contribution is 5.26. The second kappa shape index (κ2) is 27.7. The molecule has 0 saturated carbocycles. The Morgan fingerprint density at radius 1 is 0.750 bits per heavy atom. The summed E-state index contributed by atoms with van der Waals surface area (Å²) >= 11 is 0. The first kappa shape index (κ1) is 54.5. The maximum absolute atomic E-state index is 9.01. The molecule has 0 amide bonds. The lowest BCUT2D eigenvalue weighted by atomic mass is 10.1. The number of hydrogen-bond acceptors (Lipinski definition) is 8. The van der Waals surface area contributed by atoms with Gasteiger partial charge in [0.2, 0.25) is 0 Å². The zero-order chi connectivity index (χ0) is 41.1. The molecule has 0 saturated heterocycles. The normalized spacial score (nSPS) is 16.8. The van der Waals surface area contributed by atoms with E-state index in [9.17, 15) is 0 Å². The van der Waals surface area contributed by atoms with E-state index in [4.69, 9.17) is 37.7 Å². The maximum Gasteiger partial charge on any atom is 0.193 e. The van der Waals surface area contributed by atoms with Crippen LogP contribution in [-0.2, 0) is 0 Å². The van der Waals surface area contributed by atoms with Crippen LogP contribution in [0.2, 0.25) is 0 Å². The summed E-state index contributed by atoms with van der Waals surface area (Å²) in [6.45, 7) is 21.8. The van der Waals surface area contributed by atoms with Crippen molar-refractivity contribution in [3.63, 3.8) is 0 Å². The molecule has 7 N–H and O–H groups in total. The summed E-state index contributed by atoms with van der Waals surface area (Å²) in [6, 6.07) is 0. The number of terminal acetylenes is 1. The molecule has 1 aliphatic heterocycles. The molecule has 1 aliphatic carbocycles. The summed E-state index contributed by atoms with van der Waals surface area (Å²) in [7, 11) is 18.8. The molecule has 0 aromatic rings. The Balaban J connectivity index is -0.000000585. The largest absolute Gasteiger partial charge is 0.391 e. The van der Waals surface area contributed by atoms with Gasteiger partial charge in [-0.3, -0.25) is 0 Å². The van der Waals surface area contributed by atoms with Crippen molar-refractivity contribution in [1.29, 1.82) is 0 Å². The average molecular weight is 748 g/mol. The number of quaternary nitrogens is 5. The van der Waals surface area contributed by atoms with E-state index in [1.54, 1.807) is 0 Å². The van der Waals surface area contributed by atoms with Gasteiger partial charge in [0.1, 0.15) is 39.3 Å². The number of hydrogen-bond donors (Lipinski definition) is 6. The van der Waals surface area contributed by atoms with Gasteiger partial charge < -0.3 is 53.7 Å². The third-order valence-corrected chi connectivity index (χ3v) is 9.30. The van der Waals surface area contributed by atoms with Crippen LogP contribution in [0.25, 0.3) is 0 Å². The monoisotopic (exact) mass is 748 g/mol. The van der Waals surface area contributed by atoms with E-state index in [0.717, 1.165) is 102 Å². The highest BCUT2D eigenvalue weighted by Gasteiger charge is 2.36. The van der Waals surface area contributed by atoms with Crippen LogP contribution in [-0.4, -0.2) is 229 Å². The molecular formula is C39H87N8O5+5. The fourth-order valence-electron chi connectivity index (χ4n) is 5.18. The third kappa shape index (κ3) is 32.8. The van der Waals surface area contributed by atoms with Gasteiger partial charge in [0.25, 0.3) is 0 Å². The second-order valence-electron chi connectivity index (χ2n) is 17.3. The van der Waals surface area contributed by atoms with Gasteiger partial charge in [-0.1, -0.05) is 25.2 Å². The molecule has 308 valence electrons. The minimum atomic E-state index is -0.0945. The molecule has 2 unspecified atom stereocenters. The average Bonchev–Trinajstić information content (AvgIpc) is 3.91. The lowest BCUT2D eigenvalue weighted by molar-refractivity contribution is -0.910. The lowest BCUT2D eigenvalue weighted by Crippen LogP contribution is -2.48. The number of aliphatic hydroxyl groups is 5. The van der Waals surface area contributed by atoms with Crippen LogP contribution in [0.3, 0.4) is 0 Å². The maximum atomic E-state index is 9.01. The Hall–Kier alpha value is -1.80. The second-order valence-corrected chi connectivity index (χ2v) is 17.3. The van der Waals surface area contributed by atoms with Gasteiger partial charge >= 0.3 is 0 Å². The predicted molar refractivity (Wildman–Crippen MR) is 217 cm³/mol. The number of nitrogens with zero attached hydrogens (tertiary/aromatic N) is 7. The van der Waals surface area contributed by atoms with Gasteiger partial charge in [0.05, 0.1) is 129 Å². The molecule has 13 nitrogen and oxygen atoms in total. The van der Waals surface area contributed by atoms with Crippen molar-refractivity contribution in [2.24, 2.45) is 21.9 Å². The van der Waals surface area contributed by atoms with E-state index in [2.05, 4.69) is 98.9 Å². The van der Waals surface area contributed by atoms with Crippen LogP contribution in [0.5, 0.6) is 0 Å². The standard InChI is InChI=1S/C10H22N3O.C9H18NO.C7H16NO.C7H14NO.C6H17N2O/c1-4-6-13(3,8-9-14)7-5-10(2)11-12-10;1-8-6-9(8)7-10(2,3)4-5-11;2*1-4-5-8(2,3)6-7-9;1-8(2,4-3-7)5-6-9/h14H,4-9H2,1-3H3;6,9,11H,4-5,7H2,1-3H3;4,9H,1,5-7H2,2-3H3;1,9H,5-7H2,2-3H3;9H,3-7H2,1-2H3/q5*+1. The van der Waals surface area contributed by atoms with E-state index in [0.29, 0.717) is 24.2 Å². The molecule has 52 heavy (non-hydrogen) atoms. The number of rotatable bonds is 22. The van der Waals surface area contributed by atoms with Gasteiger partial charge in [-0.2, -0.15) is 10.2 Å². The molecule has 2 rings (SSSR count). The fourth-order valence-corrected chi connectivity index (χ4v) is 5.18. The minimum absolute atomic E-state index is 0.0945. The molecular weight excluding hydrogens is 660 g/mol. The highest BCUT2D eigenvalue weighted by Crippen LogP contribution is 2.31. The zero-order valence-electron chi connectivity index (χ0n) is 35.9. The van der Waals surface area contributed by atoms with Crippen molar-refractivity contribution in [2.45, 2.75) is 39.3 Å². The number of likely N-dealkylation sites (N-methyl/N-ethyl adjacent to an activating group) is 5. The molecule has 0 bridgehead atoms. The van der Waals surface area contributed by atoms with Gasteiger partial charge in [0, 0.05) is 18.9 Å². The van der Waals surface area contributed by atoms with Crippen LogP contribution in [0.15, 0.2) is 34.5 Å². The summed E-state index contributed by atoms with van der Waals surface area (Å²) in [6.07, 6.45) is 11.4. The molecule has 0 radical (unpaired) electrons. The van der Waals surface area contributed by atoms with Gasteiger partial charge in [-0.15, -0.1) is 6.42 Å². The van der Waals surface area contributed by atoms with E-state index in [-0.39, 0.29) is 32.1 Å². The highest BCUT2D eigenvalue weighted by atomic mass is 16.3. The third-order valence-electron chi connectivity index (χ3n) is 9.30. The first-order valence-electron chi connectivity index (χ1n) is 19.0. The van der Waals surface area contributed by atoms with Crippen molar-refractivity contribution in [3.8, 4) is 12.3 Å². The summed E-state index contributed by atoms with van der Waals surface area (Å²) in [5.74, 6) is 3.27. The van der Waals surface area contributed by atoms with Crippen molar-refractivity contribution in [2.75, 3.05) is 175 Å². The Morgan fingerprint density at radius 3 is 1.56 bits per heavy atom. The van der Waals surface area contributed by atoms with E-state index in [1.165, 1.54) is 5.57 Å². The smallest absolute Gasteiger partial charge is 0.193 e. The quantitative estimate of drug-likeness (QED) is 0.0553. The van der Waals surface area contributed by atoms with E-state index >= 15 is 0 Å². The Labute approximate surface area is 320 Å². The molecule has 0 aromatic carbocycles. The summed E-state index contributed by atoms with van der Waals surface area (Å²) in [4.78, 5) is 0. The van der Waals surface area contributed by atoms with Crippen molar-refractivity contribution in [1.82, 2.24) is 0 Å². The van der Waals surface area contributed by atoms with Crippen LogP contribution in [0, 0.1) is 18.3 Å². The SMILES string of the molecule is C#CC[N+](C)(C)CCO.C=CC[N+](C)(C)CCO.CC1=CC1C[N+](C)(C)CCO.CCC[N+](C)(CCO)CCC1(C)N=N1.C[N+](C)(CCN)CCO. The van der Waals surface area contributed by atoms with Crippen molar-refractivity contribution < 1.29 is 47.9 Å². The van der Waals surface area contributed by atoms with Gasteiger partial charge in [-0.25, -0.2) is 0 Å². The predicted octanol–water partition coefficient (Wildman–Crippen LogP) is 0.982. The molecule has 1 heterocycles. The van der Waals surface area contributed by atoms with E-state index in [1.807, 2.05) is 20.2 Å². The Bertz CT molecular complexity index is 1000. The number of aliphatic hydroxyl groups excluding tert-OH is 5. The van der Waals surface area contributed by atoms with Gasteiger partial charge in [-0.05, 0) is 32.3 Å². The Morgan fingerprint density at radius 2 is 1.19 bits per heavy atom.